The van der Waals surface area contributed by atoms with E-state index in [1.54, 1.807) is 7.11 Å². The molecule has 0 spiro atoms. The summed E-state index contributed by atoms with van der Waals surface area (Å²) in [6, 6.07) is 23.7. The van der Waals surface area contributed by atoms with Gasteiger partial charge in [0.2, 0.25) is 0 Å². The number of benzene rings is 2. The van der Waals surface area contributed by atoms with Crippen LogP contribution < -0.4 is 10.4 Å². The minimum Gasteiger partial charge on any atom is -0.404 e. The second kappa shape index (κ2) is 22.2. The van der Waals surface area contributed by atoms with Crippen LogP contribution in [0.2, 0.25) is 5.04 Å². The Morgan fingerprint density at radius 1 is 0.776 bits per heavy atom. The van der Waals surface area contributed by atoms with Gasteiger partial charge in [-0.25, -0.2) is 4.67 Å². The zero-order valence-corrected chi connectivity index (χ0v) is 44.1. The van der Waals surface area contributed by atoms with Gasteiger partial charge in [-0.3, -0.25) is 0 Å². The zero-order valence-electron chi connectivity index (χ0n) is 42.2. The van der Waals surface area contributed by atoms with Crippen LogP contribution in [0.4, 0.5) is 0 Å². The predicted molar refractivity (Wildman–Crippen MR) is 269 cm³/mol. The molecule has 3 saturated carbocycles. The molecule has 2 aromatic carbocycles. The highest BCUT2D eigenvalue weighted by Gasteiger charge is 2.64. The molecule has 2 aromatic rings. The Kier molecular flexibility index (Phi) is 17.8. The fourth-order valence-electron chi connectivity index (χ4n) is 12.4. The summed E-state index contributed by atoms with van der Waals surface area (Å²) >= 11 is 0. The van der Waals surface area contributed by atoms with Crippen LogP contribution in [0.15, 0.2) is 97.1 Å². The Labute approximate surface area is 404 Å². The van der Waals surface area contributed by atoms with Gasteiger partial charge in [-0.05, 0) is 55.4 Å². The average molecular weight is 961 g/mol. The topological polar surface area (TPSA) is 132 Å². The van der Waals surface area contributed by atoms with E-state index in [9.17, 15) is 5.11 Å². The summed E-state index contributed by atoms with van der Waals surface area (Å²) in [5.41, 5.74) is 2.03. The number of aliphatic hydroxyl groups excluding tert-OH is 2. The SMILES string of the molecule is C=C1C[C@]2(CC)O[C@@H](C)[C@H]1[C@@H]2OP(OCCC#N)N(CCC)CCC.C=C1C[C@]2(CO)O[C@@H](C)[C@H]1[C@@H]2O.C=C1C[C@]2(CO[Si](c3ccccc3)(c3ccccc3)C(C)(C)C)O[C@@H](C)[C@H]1[C@@H]2OC. The molecule has 0 aromatic heterocycles. The Hall–Kier alpha value is -2.60. The van der Waals surface area contributed by atoms with Crippen molar-refractivity contribution in [2.24, 2.45) is 17.8 Å². The van der Waals surface area contributed by atoms with Crippen molar-refractivity contribution in [1.29, 1.82) is 5.26 Å². The van der Waals surface area contributed by atoms with E-state index in [2.05, 4.69) is 147 Å². The van der Waals surface area contributed by atoms with Gasteiger partial charge < -0.3 is 42.6 Å². The number of nitrogens with zero attached hydrogens (tertiary/aromatic N) is 2. The van der Waals surface area contributed by atoms with E-state index in [1.807, 2.05) is 6.92 Å². The lowest BCUT2D eigenvalue weighted by Gasteiger charge is -2.45. The van der Waals surface area contributed by atoms with Gasteiger partial charge in [-0.2, -0.15) is 5.26 Å². The zero-order chi connectivity index (χ0) is 49.0. The molecule has 0 amide bonds. The molecule has 3 heterocycles. The van der Waals surface area contributed by atoms with Crippen LogP contribution in [0, 0.1) is 29.1 Å². The molecule has 3 aliphatic carbocycles. The van der Waals surface area contributed by atoms with Crippen molar-refractivity contribution in [3.63, 3.8) is 0 Å². The number of fused-ring (bicyclic) bond motifs is 6. The molecular weight excluding hydrogens is 880 g/mol. The molecule has 370 valence electrons. The summed E-state index contributed by atoms with van der Waals surface area (Å²) in [5, 5.41) is 30.2. The van der Waals surface area contributed by atoms with Gasteiger partial charge in [0.25, 0.3) is 16.8 Å². The number of nitriles is 1. The number of methoxy groups -OCH3 is 1. The third-order valence-corrected chi connectivity index (χ3v) is 21.9. The molecule has 13 heteroatoms. The van der Waals surface area contributed by atoms with Gasteiger partial charge in [-0.1, -0.05) is 139 Å². The van der Waals surface area contributed by atoms with Crippen molar-refractivity contribution >= 4 is 27.2 Å². The Morgan fingerprint density at radius 2 is 1.25 bits per heavy atom. The molecule has 6 aliphatic rings. The van der Waals surface area contributed by atoms with E-state index in [1.165, 1.54) is 21.5 Å². The lowest BCUT2D eigenvalue weighted by Crippen LogP contribution is -2.68. The molecule has 13 atom stereocenters. The molecule has 11 nitrogen and oxygen atoms in total. The summed E-state index contributed by atoms with van der Waals surface area (Å²) < 4.78 is 46.5. The first-order chi connectivity index (χ1) is 31.9. The lowest BCUT2D eigenvalue weighted by molar-refractivity contribution is -0.110. The smallest absolute Gasteiger partial charge is 0.261 e. The first-order valence-electron chi connectivity index (χ1n) is 24.7. The first kappa shape index (κ1) is 53.7. The Balaban J connectivity index is 0.000000180. The van der Waals surface area contributed by atoms with Crippen LogP contribution in [0.5, 0.6) is 0 Å². The van der Waals surface area contributed by atoms with Gasteiger partial charge >= 0.3 is 0 Å². The molecular formula is C54H81N2O9PSi. The van der Waals surface area contributed by atoms with Gasteiger partial charge in [0, 0.05) is 57.2 Å². The number of hydrogen-bond donors (Lipinski definition) is 2. The van der Waals surface area contributed by atoms with Crippen LogP contribution in [0.25, 0.3) is 0 Å². The molecule has 0 radical (unpaired) electrons. The quantitative estimate of drug-likeness (QED) is 0.0642. The van der Waals surface area contributed by atoms with E-state index in [0.29, 0.717) is 26.1 Å². The van der Waals surface area contributed by atoms with Crippen molar-refractivity contribution in [2.75, 3.05) is 40.0 Å². The highest BCUT2D eigenvalue weighted by molar-refractivity contribution is 7.44. The Bertz CT molecular complexity index is 1990. The van der Waals surface area contributed by atoms with Gasteiger partial charge in [0.15, 0.2) is 0 Å². The van der Waals surface area contributed by atoms with Crippen molar-refractivity contribution in [3.8, 4) is 6.07 Å². The van der Waals surface area contributed by atoms with Crippen molar-refractivity contribution < 1.29 is 42.6 Å². The van der Waals surface area contributed by atoms with Gasteiger partial charge in [-0.15, -0.1) is 0 Å². The minimum absolute atomic E-state index is 0.00165. The molecule has 8 rings (SSSR count). The van der Waals surface area contributed by atoms with E-state index in [4.69, 9.17) is 42.8 Å². The maximum Gasteiger partial charge on any atom is 0.261 e. The summed E-state index contributed by atoms with van der Waals surface area (Å²) in [7, 11) is -2.01. The predicted octanol–water partition coefficient (Wildman–Crippen LogP) is 9.18. The fourth-order valence-corrected chi connectivity index (χ4v) is 18.8. The first-order valence-corrected chi connectivity index (χ1v) is 27.8. The summed E-state index contributed by atoms with van der Waals surface area (Å²) in [6.45, 7) is 34.8. The maximum absolute atomic E-state index is 9.77. The third-order valence-electron chi connectivity index (χ3n) is 15.2. The van der Waals surface area contributed by atoms with E-state index >= 15 is 0 Å². The highest BCUT2D eigenvalue weighted by atomic mass is 31.2. The van der Waals surface area contributed by atoms with Crippen molar-refractivity contribution in [1.82, 2.24) is 4.67 Å². The summed E-state index contributed by atoms with van der Waals surface area (Å²) in [5.74, 6) is 0.518. The fraction of sp³-hybridized carbons (Fsp3) is 0.648. The molecule has 6 fully saturated rings. The molecule has 3 aliphatic heterocycles. The normalized spacial score (nSPS) is 34.3. The van der Waals surface area contributed by atoms with Crippen LogP contribution in [-0.4, -0.2) is 117 Å². The third kappa shape index (κ3) is 10.3. The van der Waals surface area contributed by atoms with E-state index < -0.39 is 34.1 Å². The van der Waals surface area contributed by atoms with Crippen LogP contribution >= 0.6 is 8.53 Å². The summed E-state index contributed by atoms with van der Waals surface area (Å²) in [4.78, 5) is 0. The minimum atomic E-state index is -2.61. The van der Waals surface area contributed by atoms with E-state index in [-0.39, 0.29) is 65.5 Å². The monoisotopic (exact) mass is 961 g/mol. The van der Waals surface area contributed by atoms with Gasteiger partial charge in [0.05, 0.1) is 68.4 Å². The van der Waals surface area contributed by atoms with Crippen LogP contribution in [0.1, 0.15) is 107 Å². The average Bonchev–Trinajstić information content (AvgIpc) is 4.05. The molecule has 3 saturated heterocycles. The van der Waals surface area contributed by atoms with Crippen molar-refractivity contribution in [2.45, 2.75) is 166 Å². The molecule has 6 bridgehead atoms. The van der Waals surface area contributed by atoms with E-state index in [0.717, 1.165) is 50.8 Å². The van der Waals surface area contributed by atoms with Crippen LogP contribution in [-0.2, 0) is 32.4 Å². The number of ether oxygens (including phenoxy) is 4. The second-order valence-electron chi connectivity index (χ2n) is 20.8. The van der Waals surface area contributed by atoms with Crippen LogP contribution in [0.3, 0.4) is 0 Å². The summed E-state index contributed by atoms with van der Waals surface area (Å²) in [6.07, 6.45) is 5.38. The molecule has 1 unspecified atom stereocenters. The second-order valence-corrected chi connectivity index (χ2v) is 26.6. The number of aliphatic hydroxyl groups is 2. The lowest BCUT2D eigenvalue weighted by atomic mass is 9.96. The number of hydrogen-bond acceptors (Lipinski definition) is 11. The van der Waals surface area contributed by atoms with Crippen molar-refractivity contribution in [3.05, 3.63) is 97.1 Å². The Morgan fingerprint density at radius 3 is 1.69 bits per heavy atom. The number of rotatable bonds is 18. The maximum atomic E-state index is 9.77. The van der Waals surface area contributed by atoms with Gasteiger partial charge in [0.1, 0.15) is 17.3 Å². The highest BCUT2D eigenvalue weighted by Crippen LogP contribution is 2.59. The molecule has 67 heavy (non-hydrogen) atoms. The molecule has 2 N–H and O–H groups in total. The largest absolute Gasteiger partial charge is 0.404 e. The standard InChI is InChI=1S/C26H34O3Si.C19H33N2O3P.C9H14O3/c1-19-17-26(24(27-6)23(19)20(2)29-26)18-28-30(25(3,4)5,21-13-9-7-10-14-21)22-15-11-8-12-16-22;1-6-11-21(12-7-2)25(22-13-9-10-20)24-18-17-15(4)14-19(18,8-3)23-16(17)5;1-5-3-9(4-10)8(11)7(5)6(2)12-9/h7-16,20,23-24H,1,17-18H2,2-6H3;16-18H,4,6-9,11-14H2,1-3,5H3;6-8,10-11H,1,3-4H2,2H3/t20-,23-,24-,26+;16-,17-,18-,19-,25?;6-,7-,8-,9+/m000/s1.